The lowest BCUT2D eigenvalue weighted by Crippen LogP contribution is -2.10. The Labute approximate surface area is 328 Å². The first-order valence-electron chi connectivity index (χ1n) is 19.4. The molecule has 0 spiro atoms. The van der Waals surface area contributed by atoms with Gasteiger partial charge in [0.15, 0.2) is 0 Å². The summed E-state index contributed by atoms with van der Waals surface area (Å²) in [4.78, 5) is 2.38. The third-order valence-electron chi connectivity index (χ3n) is 11.7. The third-order valence-corrected chi connectivity index (χ3v) is 11.7. The summed E-state index contributed by atoms with van der Waals surface area (Å²) in [6.45, 7) is 0. The highest BCUT2D eigenvalue weighted by Crippen LogP contribution is 2.47. The molecule has 0 aliphatic rings. The van der Waals surface area contributed by atoms with Crippen LogP contribution in [-0.4, -0.2) is 0 Å². The third kappa shape index (κ3) is 4.92. The van der Waals surface area contributed by atoms with Crippen LogP contribution >= 0.6 is 0 Å². The minimum atomic E-state index is 0.851. The molecule has 0 aliphatic heterocycles. The number of nitrogens with zero attached hydrogens (tertiary/aromatic N) is 1. The summed E-state index contributed by atoms with van der Waals surface area (Å²) < 4.78 is 12.8. The van der Waals surface area contributed by atoms with Crippen molar-refractivity contribution < 1.29 is 8.83 Å². The van der Waals surface area contributed by atoms with E-state index in [0.717, 1.165) is 72.1 Å². The lowest BCUT2D eigenvalue weighted by atomic mass is 9.89. The smallest absolute Gasteiger partial charge is 0.137 e. The van der Waals surface area contributed by atoms with E-state index in [-0.39, 0.29) is 0 Å². The number of benzene rings is 10. The highest BCUT2D eigenvalue weighted by molar-refractivity contribution is 6.20. The van der Waals surface area contributed by atoms with Gasteiger partial charge in [0.2, 0.25) is 0 Å². The zero-order valence-corrected chi connectivity index (χ0v) is 30.8. The van der Waals surface area contributed by atoms with E-state index in [0.29, 0.717) is 0 Å². The van der Waals surface area contributed by atoms with Crippen molar-refractivity contribution in [1.82, 2.24) is 0 Å². The number of hydrogen-bond donors (Lipinski definition) is 0. The summed E-state index contributed by atoms with van der Waals surface area (Å²) >= 11 is 0. The summed E-state index contributed by atoms with van der Waals surface area (Å²) in [6.07, 6.45) is 0. The van der Waals surface area contributed by atoms with Gasteiger partial charge in [0.1, 0.15) is 22.3 Å². The van der Waals surface area contributed by atoms with Gasteiger partial charge in [0, 0.05) is 27.5 Å². The topological polar surface area (TPSA) is 29.5 Å². The van der Waals surface area contributed by atoms with Crippen molar-refractivity contribution in [2.24, 2.45) is 0 Å². The average Bonchev–Trinajstić information content (AvgIpc) is 3.85. The van der Waals surface area contributed by atoms with Crippen LogP contribution in [0.25, 0.3) is 98.4 Å². The quantitative estimate of drug-likeness (QED) is 0.165. The molecule has 0 radical (unpaired) electrons. The predicted molar refractivity (Wildman–Crippen MR) is 239 cm³/mol. The Hall–Kier alpha value is -7.62. The van der Waals surface area contributed by atoms with Gasteiger partial charge in [0.05, 0.1) is 11.1 Å². The van der Waals surface area contributed by atoms with Crippen LogP contribution in [0.4, 0.5) is 17.1 Å². The van der Waals surface area contributed by atoms with Crippen LogP contribution in [0.5, 0.6) is 0 Å². The highest BCUT2D eigenvalue weighted by atomic mass is 16.3. The van der Waals surface area contributed by atoms with Gasteiger partial charge in [-0.1, -0.05) is 146 Å². The molecule has 57 heavy (non-hydrogen) atoms. The fraction of sp³-hybridized carbons (Fsp3) is 0. The van der Waals surface area contributed by atoms with Gasteiger partial charge < -0.3 is 13.7 Å². The Bertz CT molecular complexity index is 3540. The molecule has 0 amide bonds. The number of fused-ring (bicyclic) bond motifs is 11. The van der Waals surface area contributed by atoms with Crippen LogP contribution in [0.1, 0.15) is 0 Å². The second kappa shape index (κ2) is 12.5. The molecule has 3 heteroatoms. The maximum absolute atomic E-state index is 6.45. The molecule has 12 aromatic rings. The van der Waals surface area contributed by atoms with Gasteiger partial charge in [-0.2, -0.15) is 0 Å². The van der Waals surface area contributed by atoms with Gasteiger partial charge in [-0.25, -0.2) is 0 Å². The van der Waals surface area contributed by atoms with E-state index in [9.17, 15) is 0 Å². The normalized spacial score (nSPS) is 11.9. The molecular formula is C54H33NO2. The number of furan rings is 2. The van der Waals surface area contributed by atoms with Crippen molar-refractivity contribution in [3.63, 3.8) is 0 Å². The van der Waals surface area contributed by atoms with Crippen molar-refractivity contribution in [3.8, 4) is 22.3 Å². The van der Waals surface area contributed by atoms with E-state index in [1.54, 1.807) is 0 Å². The van der Waals surface area contributed by atoms with Crippen LogP contribution in [0, 0.1) is 0 Å². The van der Waals surface area contributed by atoms with Crippen LogP contribution in [0.15, 0.2) is 209 Å². The van der Waals surface area contributed by atoms with Gasteiger partial charge in [-0.3, -0.25) is 0 Å². The highest BCUT2D eigenvalue weighted by Gasteiger charge is 2.22. The van der Waals surface area contributed by atoms with Gasteiger partial charge in [0.25, 0.3) is 0 Å². The van der Waals surface area contributed by atoms with E-state index in [1.165, 1.54) is 43.4 Å². The zero-order chi connectivity index (χ0) is 37.5. The summed E-state index contributed by atoms with van der Waals surface area (Å²) in [7, 11) is 0. The molecule has 2 aromatic heterocycles. The molecule has 0 bridgehead atoms. The van der Waals surface area contributed by atoms with Crippen molar-refractivity contribution in [2.75, 3.05) is 4.90 Å². The molecule has 2 heterocycles. The van der Waals surface area contributed by atoms with Crippen molar-refractivity contribution in [1.29, 1.82) is 0 Å². The number of hydrogen-bond acceptors (Lipinski definition) is 3. The SMILES string of the molecule is c1ccc(-c2cc(N(c3ccc4oc5ccccc5c4c3)c3cccc4oc5ccccc5c34)ccc2-c2cccc3c2ccc2c4ccccc4ccc32)cc1. The lowest BCUT2D eigenvalue weighted by molar-refractivity contribution is 0.668. The predicted octanol–water partition coefficient (Wildman–Crippen LogP) is 15.7. The first-order chi connectivity index (χ1) is 28.3. The summed E-state index contributed by atoms with van der Waals surface area (Å²) in [6, 6.07) is 71.7. The number of anilines is 3. The monoisotopic (exact) mass is 727 g/mol. The minimum Gasteiger partial charge on any atom is -0.456 e. The Morgan fingerprint density at radius 1 is 0.298 bits per heavy atom. The standard InChI is InChI=1S/C54H33NO2/c1-2-12-34(13-3-1)47-32-36(25-28-44(47)40-19-10-18-39-42-27-24-35-14-4-5-15-38(35)41(42)29-30-43(39)40)55(37-26-31-52-48(33-37)45-16-6-8-21-50(45)56-52)49-20-11-23-53-54(49)46-17-7-9-22-51(46)57-53/h1-33H. The van der Waals surface area contributed by atoms with Crippen molar-refractivity contribution in [2.45, 2.75) is 0 Å². The molecule has 0 atom stereocenters. The molecule has 0 unspecified atom stereocenters. The first kappa shape index (κ1) is 31.7. The Balaban J connectivity index is 1.12. The average molecular weight is 728 g/mol. The Morgan fingerprint density at radius 3 is 1.79 bits per heavy atom. The first-order valence-corrected chi connectivity index (χ1v) is 19.4. The molecule has 0 saturated heterocycles. The molecule has 12 rings (SSSR count). The minimum absolute atomic E-state index is 0.851. The Morgan fingerprint density at radius 2 is 0.895 bits per heavy atom. The second-order valence-electron chi connectivity index (χ2n) is 14.8. The van der Waals surface area contributed by atoms with Gasteiger partial charge >= 0.3 is 0 Å². The summed E-state index contributed by atoms with van der Waals surface area (Å²) in [5.41, 5.74) is 11.3. The number of rotatable bonds is 5. The molecule has 10 aromatic carbocycles. The van der Waals surface area contributed by atoms with Gasteiger partial charge in [-0.15, -0.1) is 0 Å². The van der Waals surface area contributed by atoms with Gasteiger partial charge in [-0.05, 0) is 109 Å². The van der Waals surface area contributed by atoms with Crippen LogP contribution in [-0.2, 0) is 0 Å². The molecule has 0 saturated carbocycles. The van der Waals surface area contributed by atoms with E-state index in [1.807, 2.05) is 24.3 Å². The zero-order valence-electron chi connectivity index (χ0n) is 30.8. The Kier molecular flexibility index (Phi) is 6.93. The molecular weight excluding hydrogens is 695 g/mol. The van der Waals surface area contributed by atoms with E-state index < -0.39 is 0 Å². The summed E-state index contributed by atoms with van der Waals surface area (Å²) in [5.74, 6) is 0. The van der Waals surface area contributed by atoms with E-state index in [2.05, 4.69) is 181 Å². The molecule has 0 fully saturated rings. The molecule has 266 valence electrons. The largest absolute Gasteiger partial charge is 0.456 e. The van der Waals surface area contributed by atoms with Crippen molar-refractivity contribution >= 4 is 93.3 Å². The maximum atomic E-state index is 6.45. The number of para-hydroxylation sites is 2. The molecule has 0 N–H and O–H groups in total. The molecule has 3 nitrogen and oxygen atoms in total. The van der Waals surface area contributed by atoms with Crippen LogP contribution in [0.2, 0.25) is 0 Å². The fourth-order valence-electron chi connectivity index (χ4n) is 9.08. The second-order valence-corrected chi connectivity index (χ2v) is 14.8. The fourth-order valence-corrected chi connectivity index (χ4v) is 9.08. The summed E-state index contributed by atoms with van der Waals surface area (Å²) in [5, 5.41) is 11.9. The van der Waals surface area contributed by atoms with E-state index in [4.69, 9.17) is 8.83 Å². The van der Waals surface area contributed by atoms with Crippen LogP contribution < -0.4 is 4.90 Å². The van der Waals surface area contributed by atoms with Crippen LogP contribution in [0.3, 0.4) is 0 Å². The van der Waals surface area contributed by atoms with E-state index >= 15 is 0 Å². The van der Waals surface area contributed by atoms with Crippen molar-refractivity contribution in [3.05, 3.63) is 200 Å². The lowest BCUT2D eigenvalue weighted by Gasteiger charge is -2.27. The molecule has 0 aliphatic carbocycles. The maximum Gasteiger partial charge on any atom is 0.137 e.